The topological polar surface area (TPSA) is 84.3 Å². The molecule has 6 heteroatoms. The van der Waals surface area contributed by atoms with Crippen LogP contribution in [0.15, 0.2) is 18.2 Å². The van der Waals surface area contributed by atoms with Gasteiger partial charge in [0.1, 0.15) is 5.69 Å². The zero-order valence-electron chi connectivity index (χ0n) is 12.4. The fourth-order valence-electron chi connectivity index (χ4n) is 2.58. The van der Waals surface area contributed by atoms with Crippen molar-refractivity contribution in [3.63, 3.8) is 0 Å². The first-order valence-corrected chi connectivity index (χ1v) is 7.33. The van der Waals surface area contributed by atoms with Gasteiger partial charge in [0.25, 0.3) is 11.6 Å². The number of nitrogens with one attached hydrogen (secondary N) is 2. The van der Waals surface area contributed by atoms with E-state index in [4.69, 9.17) is 0 Å². The SMILES string of the molecule is CC(C)NC(=O)c1ccc(NC2CCCC2)c([N+](=O)[O-])c1. The molecule has 0 unspecified atom stereocenters. The second-order valence-corrected chi connectivity index (χ2v) is 5.74. The first-order valence-electron chi connectivity index (χ1n) is 7.33. The number of benzene rings is 1. The van der Waals surface area contributed by atoms with Crippen LogP contribution in [0.2, 0.25) is 0 Å². The van der Waals surface area contributed by atoms with E-state index in [1.54, 1.807) is 12.1 Å². The third-order valence-corrected chi connectivity index (χ3v) is 3.59. The number of anilines is 1. The number of carbonyl (C=O) groups excluding carboxylic acids is 1. The highest BCUT2D eigenvalue weighted by Gasteiger charge is 2.21. The van der Waals surface area contributed by atoms with Crippen molar-refractivity contribution in [2.24, 2.45) is 0 Å². The Kier molecular flexibility index (Phi) is 4.77. The second-order valence-electron chi connectivity index (χ2n) is 5.74. The Morgan fingerprint density at radius 3 is 2.57 bits per heavy atom. The lowest BCUT2D eigenvalue weighted by Crippen LogP contribution is -2.30. The summed E-state index contributed by atoms with van der Waals surface area (Å²) in [6, 6.07) is 4.88. The summed E-state index contributed by atoms with van der Waals surface area (Å²) < 4.78 is 0. The molecule has 0 radical (unpaired) electrons. The molecule has 0 aromatic heterocycles. The molecule has 1 amide bonds. The van der Waals surface area contributed by atoms with Gasteiger partial charge in [0.15, 0.2) is 0 Å². The summed E-state index contributed by atoms with van der Waals surface area (Å²) in [4.78, 5) is 22.7. The maximum atomic E-state index is 11.9. The van der Waals surface area contributed by atoms with E-state index < -0.39 is 4.92 Å². The number of hydrogen-bond donors (Lipinski definition) is 2. The van der Waals surface area contributed by atoms with Crippen LogP contribution >= 0.6 is 0 Å². The Hall–Kier alpha value is -2.11. The largest absolute Gasteiger partial charge is 0.377 e. The van der Waals surface area contributed by atoms with Crippen molar-refractivity contribution >= 4 is 17.3 Å². The van der Waals surface area contributed by atoms with Crippen LogP contribution in [0.5, 0.6) is 0 Å². The molecule has 0 aliphatic heterocycles. The smallest absolute Gasteiger partial charge is 0.293 e. The Morgan fingerprint density at radius 1 is 1.33 bits per heavy atom. The minimum Gasteiger partial charge on any atom is -0.377 e. The molecule has 1 fully saturated rings. The summed E-state index contributed by atoms with van der Waals surface area (Å²) in [6.45, 7) is 3.70. The normalized spacial score (nSPS) is 15.2. The van der Waals surface area contributed by atoms with E-state index in [1.807, 2.05) is 13.8 Å². The van der Waals surface area contributed by atoms with E-state index in [1.165, 1.54) is 6.07 Å². The van der Waals surface area contributed by atoms with Gasteiger partial charge in [0.05, 0.1) is 4.92 Å². The molecule has 0 atom stereocenters. The highest BCUT2D eigenvalue weighted by molar-refractivity contribution is 5.95. The summed E-state index contributed by atoms with van der Waals surface area (Å²) in [5.41, 5.74) is 0.763. The summed E-state index contributed by atoms with van der Waals surface area (Å²) in [5, 5.41) is 17.2. The fraction of sp³-hybridized carbons (Fsp3) is 0.533. The minimum absolute atomic E-state index is 0.00662. The summed E-state index contributed by atoms with van der Waals surface area (Å²) >= 11 is 0. The van der Waals surface area contributed by atoms with Gasteiger partial charge in [-0.3, -0.25) is 14.9 Å². The van der Waals surface area contributed by atoms with Gasteiger partial charge in [-0.2, -0.15) is 0 Å². The molecule has 2 N–H and O–H groups in total. The average molecular weight is 291 g/mol. The third-order valence-electron chi connectivity index (χ3n) is 3.59. The lowest BCUT2D eigenvalue weighted by Gasteiger charge is -2.14. The van der Waals surface area contributed by atoms with Crippen LogP contribution < -0.4 is 10.6 Å². The van der Waals surface area contributed by atoms with Crippen molar-refractivity contribution in [3.8, 4) is 0 Å². The molecule has 1 aliphatic carbocycles. The number of nitro groups is 1. The van der Waals surface area contributed by atoms with Crippen LogP contribution in [0.4, 0.5) is 11.4 Å². The highest BCUT2D eigenvalue weighted by Crippen LogP contribution is 2.29. The van der Waals surface area contributed by atoms with Gasteiger partial charge in [-0.1, -0.05) is 12.8 Å². The van der Waals surface area contributed by atoms with Crippen LogP contribution in [0.1, 0.15) is 49.9 Å². The number of amides is 1. The zero-order chi connectivity index (χ0) is 15.4. The predicted molar refractivity (Wildman–Crippen MR) is 81.6 cm³/mol. The molecule has 0 bridgehead atoms. The lowest BCUT2D eigenvalue weighted by atomic mass is 10.1. The zero-order valence-corrected chi connectivity index (χ0v) is 12.4. The first-order chi connectivity index (χ1) is 9.97. The number of nitrogens with zero attached hydrogens (tertiary/aromatic N) is 1. The van der Waals surface area contributed by atoms with Crippen LogP contribution in [0.3, 0.4) is 0 Å². The maximum Gasteiger partial charge on any atom is 0.293 e. The van der Waals surface area contributed by atoms with Crippen molar-refractivity contribution < 1.29 is 9.72 Å². The van der Waals surface area contributed by atoms with E-state index in [0.717, 1.165) is 25.7 Å². The van der Waals surface area contributed by atoms with Crippen molar-refractivity contribution in [2.45, 2.75) is 51.6 Å². The molecule has 0 spiro atoms. The van der Waals surface area contributed by atoms with Gasteiger partial charge < -0.3 is 10.6 Å². The number of rotatable bonds is 5. The summed E-state index contributed by atoms with van der Waals surface area (Å²) in [5.74, 6) is -0.291. The number of nitro benzene ring substituents is 1. The Balaban J connectivity index is 2.22. The van der Waals surface area contributed by atoms with Crippen LogP contribution in [0, 0.1) is 10.1 Å². The van der Waals surface area contributed by atoms with Gasteiger partial charge in [-0.05, 0) is 38.8 Å². The van der Waals surface area contributed by atoms with Crippen molar-refractivity contribution in [2.75, 3.05) is 5.32 Å². The van der Waals surface area contributed by atoms with Crippen LogP contribution in [-0.4, -0.2) is 22.9 Å². The molecule has 1 saturated carbocycles. The van der Waals surface area contributed by atoms with Crippen molar-refractivity contribution in [1.29, 1.82) is 0 Å². The fourth-order valence-corrected chi connectivity index (χ4v) is 2.58. The molecule has 6 nitrogen and oxygen atoms in total. The van der Waals surface area contributed by atoms with Gasteiger partial charge in [-0.25, -0.2) is 0 Å². The quantitative estimate of drug-likeness (QED) is 0.645. The van der Waals surface area contributed by atoms with E-state index in [9.17, 15) is 14.9 Å². The maximum absolute atomic E-state index is 11.9. The summed E-state index contributed by atoms with van der Waals surface area (Å²) in [7, 11) is 0. The van der Waals surface area contributed by atoms with Gasteiger partial charge in [0, 0.05) is 23.7 Å². The predicted octanol–water partition coefficient (Wildman–Crippen LogP) is 3.09. The molecule has 1 aromatic rings. The van der Waals surface area contributed by atoms with Gasteiger partial charge >= 0.3 is 0 Å². The van der Waals surface area contributed by atoms with Gasteiger partial charge in [0.2, 0.25) is 0 Å². The Labute approximate surface area is 124 Å². The molecular weight excluding hydrogens is 270 g/mol. The Bertz CT molecular complexity index is 537. The molecule has 0 heterocycles. The molecular formula is C15H21N3O3. The third kappa shape index (κ3) is 3.93. The van der Waals surface area contributed by atoms with Gasteiger partial charge in [-0.15, -0.1) is 0 Å². The monoisotopic (exact) mass is 291 g/mol. The van der Waals surface area contributed by atoms with E-state index in [0.29, 0.717) is 17.3 Å². The number of carbonyl (C=O) groups is 1. The van der Waals surface area contributed by atoms with Crippen LogP contribution in [-0.2, 0) is 0 Å². The molecule has 1 aromatic carbocycles. The molecule has 2 rings (SSSR count). The molecule has 114 valence electrons. The molecule has 21 heavy (non-hydrogen) atoms. The van der Waals surface area contributed by atoms with E-state index in [2.05, 4.69) is 10.6 Å². The lowest BCUT2D eigenvalue weighted by molar-refractivity contribution is -0.384. The molecule has 0 saturated heterocycles. The summed E-state index contributed by atoms with van der Waals surface area (Å²) in [6.07, 6.45) is 4.38. The van der Waals surface area contributed by atoms with Crippen molar-refractivity contribution in [1.82, 2.24) is 5.32 Å². The molecule has 1 aliphatic rings. The van der Waals surface area contributed by atoms with E-state index in [-0.39, 0.29) is 17.6 Å². The standard InChI is InChI=1S/C15H21N3O3/c1-10(2)16-15(19)11-7-8-13(14(9-11)18(20)21)17-12-5-3-4-6-12/h7-10,12,17H,3-6H2,1-2H3,(H,16,19). The van der Waals surface area contributed by atoms with Crippen molar-refractivity contribution in [3.05, 3.63) is 33.9 Å². The first kappa shape index (κ1) is 15.3. The van der Waals surface area contributed by atoms with Crippen LogP contribution in [0.25, 0.3) is 0 Å². The highest BCUT2D eigenvalue weighted by atomic mass is 16.6. The Morgan fingerprint density at radius 2 is 2.00 bits per heavy atom. The number of hydrogen-bond acceptors (Lipinski definition) is 4. The second kappa shape index (κ2) is 6.56. The minimum atomic E-state index is -0.441. The average Bonchev–Trinajstić information content (AvgIpc) is 2.91. The van der Waals surface area contributed by atoms with E-state index >= 15 is 0 Å².